The van der Waals surface area contributed by atoms with Crippen molar-refractivity contribution in [2.75, 3.05) is 0 Å². The Balaban J connectivity index is 2.25. The summed E-state index contributed by atoms with van der Waals surface area (Å²) in [7, 11) is 0. The quantitative estimate of drug-likeness (QED) is 0.432. The van der Waals surface area contributed by atoms with Crippen LogP contribution in [0.15, 0.2) is 48.8 Å². The molecule has 16 heavy (non-hydrogen) atoms. The third-order valence-corrected chi connectivity index (χ3v) is 3.29. The fourth-order valence-electron chi connectivity index (χ4n) is 2.60. The third kappa shape index (κ3) is 0.890. The second kappa shape index (κ2) is 2.73. The van der Waals surface area contributed by atoms with E-state index in [1.165, 1.54) is 21.9 Å². The molecule has 0 amide bonds. The maximum Gasteiger partial charge on any atom is 0.140 e. The highest BCUT2D eigenvalue weighted by molar-refractivity contribution is 5.98. The molecular formula is C14H10N2. The Morgan fingerprint density at radius 3 is 2.88 bits per heavy atom. The summed E-state index contributed by atoms with van der Waals surface area (Å²) in [5.41, 5.74) is 2.64. The molecular weight excluding hydrogens is 196 g/mol. The van der Waals surface area contributed by atoms with Crippen LogP contribution in [0.3, 0.4) is 0 Å². The number of hydrogen-bond acceptors (Lipinski definition) is 1. The molecule has 0 saturated heterocycles. The lowest BCUT2D eigenvalue weighted by Crippen LogP contribution is -2.07. The number of fused-ring (bicyclic) bond motifs is 2. The van der Waals surface area contributed by atoms with E-state index in [4.69, 9.17) is 0 Å². The fraction of sp³-hybridized carbons (Fsp3) is 0.0714. The minimum absolute atomic E-state index is 0.934. The van der Waals surface area contributed by atoms with E-state index in [2.05, 4.69) is 45.9 Å². The van der Waals surface area contributed by atoms with E-state index in [0.29, 0.717) is 0 Å². The molecule has 76 valence electrons. The predicted octanol–water partition coefficient (Wildman–Crippen LogP) is 3.07. The number of hydrogen-bond donors (Lipinski definition) is 0. The lowest BCUT2D eigenvalue weighted by Gasteiger charge is -2.18. The van der Waals surface area contributed by atoms with Crippen molar-refractivity contribution in [3.05, 3.63) is 54.4 Å². The maximum atomic E-state index is 4.44. The highest BCUT2D eigenvalue weighted by Crippen LogP contribution is 2.34. The van der Waals surface area contributed by atoms with Crippen LogP contribution in [0.2, 0.25) is 0 Å². The lowest BCUT2D eigenvalue weighted by atomic mass is 9.96. The minimum Gasteiger partial charge on any atom is -0.327 e. The number of benzene rings is 2. The van der Waals surface area contributed by atoms with E-state index in [1.807, 2.05) is 12.4 Å². The summed E-state index contributed by atoms with van der Waals surface area (Å²) in [5.74, 6) is 1.09. The van der Waals surface area contributed by atoms with E-state index in [-0.39, 0.29) is 0 Å². The fourth-order valence-corrected chi connectivity index (χ4v) is 2.60. The minimum atomic E-state index is 0.934. The van der Waals surface area contributed by atoms with Gasteiger partial charge in [-0.1, -0.05) is 36.4 Å². The molecule has 0 atom stereocenters. The van der Waals surface area contributed by atoms with Gasteiger partial charge in [-0.25, -0.2) is 4.98 Å². The van der Waals surface area contributed by atoms with Gasteiger partial charge >= 0.3 is 0 Å². The summed E-state index contributed by atoms with van der Waals surface area (Å²) >= 11 is 0. The van der Waals surface area contributed by atoms with Gasteiger partial charge in [-0.15, -0.1) is 0 Å². The first kappa shape index (κ1) is 8.11. The van der Waals surface area contributed by atoms with Crippen molar-refractivity contribution in [3.63, 3.8) is 0 Å². The summed E-state index contributed by atoms with van der Waals surface area (Å²) in [5, 5.41) is 2.67. The summed E-state index contributed by atoms with van der Waals surface area (Å²) in [6.45, 7) is 0.934. The zero-order valence-electron chi connectivity index (χ0n) is 8.72. The third-order valence-electron chi connectivity index (χ3n) is 3.29. The van der Waals surface area contributed by atoms with Crippen molar-refractivity contribution in [3.8, 4) is 11.4 Å². The molecule has 0 bridgehead atoms. The molecule has 3 aromatic rings. The van der Waals surface area contributed by atoms with Crippen LogP contribution in [0.1, 0.15) is 5.56 Å². The van der Waals surface area contributed by atoms with Crippen LogP contribution in [0.25, 0.3) is 22.2 Å². The van der Waals surface area contributed by atoms with Crippen molar-refractivity contribution in [2.24, 2.45) is 0 Å². The summed E-state index contributed by atoms with van der Waals surface area (Å²) in [4.78, 5) is 4.44. The second-order valence-corrected chi connectivity index (χ2v) is 4.20. The second-order valence-electron chi connectivity index (χ2n) is 4.20. The molecule has 2 heteroatoms. The van der Waals surface area contributed by atoms with Gasteiger partial charge < -0.3 is 4.57 Å². The smallest absolute Gasteiger partial charge is 0.140 e. The van der Waals surface area contributed by atoms with Crippen LogP contribution in [0.4, 0.5) is 0 Å². The van der Waals surface area contributed by atoms with Gasteiger partial charge in [0.15, 0.2) is 0 Å². The highest BCUT2D eigenvalue weighted by Gasteiger charge is 2.17. The molecule has 0 N–H and O–H groups in total. The van der Waals surface area contributed by atoms with E-state index in [0.717, 1.165) is 12.4 Å². The molecule has 0 spiro atoms. The normalized spacial score (nSPS) is 12.8. The molecule has 2 aromatic carbocycles. The van der Waals surface area contributed by atoms with Crippen LogP contribution in [-0.4, -0.2) is 9.55 Å². The number of nitrogens with zero attached hydrogens (tertiary/aromatic N) is 2. The van der Waals surface area contributed by atoms with Crippen molar-refractivity contribution in [1.82, 2.24) is 9.55 Å². The van der Waals surface area contributed by atoms with Crippen LogP contribution in [0.5, 0.6) is 0 Å². The Morgan fingerprint density at radius 2 is 1.94 bits per heavy atom. The SMILES string of the molecule is c1cc2c3c(cccc3c1)-c1nccn1C2. The van der Waals surface area contributed by atoms with Gasteiger partial charge in [0, 0.05) is 24.5 Å². The molecule has 0 saturated carbocycles. The largest absolute Gasteiger partial charge is 0.327 e. The summed E-state index contributed by atoms with van der Waals surface area (Å²) in [6, 6.07) is 12.9. The van der Waals surface area contributed by atoms with Gasteiger partial charge in [0.1, 0.15) is 5.82 Å². The van der Waals surface area contributed by atoms with Crippen molar-refractivity contribution < 1.29 is 0 Å². The Hall–Kier alpha value is -2.09. The highest BCUT2D eigenvalue weighted by atomic mass is 15.1. The molecule has 1 aliphatic rings. The first-order valence-electron chi connectivity index (χ1n) is 5.45. The molecule has 0 radical (unpaired) electrons. The average molecular weight is 206 g/mol. The van der Waals surface area contributed by atoms with Crippen molar-refractivity contribution >= 4 is 10.8 Å². The topological polar surface area (TPSA) is 17.8 Å². The molecule has 0 unspecified atom stereocenters. The van der Waals surface area contributed by atoms with E-state index in [9.17, 15) is 0 Å². The average Bonchev–Trinajstić information content (AvgIpc) is 2.78. The number of aromatic nitrogens is 2. The van der Waals surface area contributed by atoms with Gasteiger partial charge in [-0.3, -0.25) is 0 Å². The number of rotatable bonds is 0. The zero-order chi connectivity index (χ0) is 10.5. The van der Waals surface area contributed by atoms with Gasteiger partial charge in [0.05, 0.1) is 0 Å². The molecule has 0 fully saturated rings. The molecule has 0 aliphatic carbocycles. The Morgan fingerprint density at radius 1 is 1.06 bits per heavy atom. The molecule has 4 rings (SSSR count). The maximum absolute atomic E-state index is 4.44. The predicted molar refractivity (Wildman–Crippen MR) is 64.3 cm³/mol. The van der Waals surface area contributed by atoms with Crippen LogP contribution < -0.4 is 0 Å². The Bertz CT molecular complexity index is 690. The van der Waals surface area contributed by atoms with Gasteiger partial charge in [0.2, 0.25) is 0 Å². The number of imidazole rings is 1. The van der Waals surface area contributed by atoms with Crippen molar-refractivity contribution in [1.29, 1.82) is 0 Å². The van der Waals surface area contributed by atoms with Gasteiger partial charge in [-0.2, -0.15) is 0 Å². The van der Waals surface area contributed by atoms with E-state index in [1.54, 1.807) is 0 Å². The monoisotopic (exact) mass is 206 g/mol. The Kier molecular flexibility index (Phi) is 1.38. The van der Waals surface area contributed by atoms with Gasteiger partial charge in [0.25, 0.3) is 0 Å². The zero-order valence-corrected chi connectivity index (χ0v) is 8.72. The molecule has 2 nitrogen and oxygen atoms in total. The van der Waals surface area contributed by atoms with E-state index >= 15 is 0 Å². The molecule has 2 heterocycles. The van der Waals surface area contributed by atoms with Crippen LogP contribution in [0, 0.1) is 0 Å². The Labute approximate surface area is 93.2 Å². The first-order chi connectivity index (χ1) is 7.93. The summed E-state index contributed by atoms with van der Waals surface area (Å²) < 4.78 is 2.21. The van der Waals surface area contributed by atoms with E-state index < -0.39 is 0 Å². The first-order valence-corrected chi connectivity index (χ1v) is 5.45. The van der Waals surface area contributed by atoms with Crippen LogP contribution in [-0.2, 0) is 6.54 Å². The molecule has 1 aromatic heterocycles. The van der Waals surface area contributed by atoms with Crippen molar-refractivity contribution in [2.45, 2.75) is 6.54 Å². The lowest BCUT2D eigenvalue weighted by molar-refractivity contribution is 0.803. The molecule has 1 aliphatic heterocycles. The van der Waals surface area contributed by atoms with Gasteiger partial charge in [-0.05, 0) is 16.3 Å². The van der Waals surface area contributed by atoms with Crippen LogP contribution >= 0.6 is 0 Å². The standard InChI is InChI=1S/C14H10N2/c1-3-10-4-2-6-12-13(10)11(5-1)9-16-8-7-15-14(12)16/h1-8H,9H2. The summed E-state index contributed by atoms with van der Waals surface area (Å²) in [6.07, 6.45) is 3.92.